The molecule has 0 saturated carbocycles. The van der Waals surface area contributed by atoms with Crippen molar-refractivity contribution in [2.75, 3.05) is 20.0 Å². The van der Waals surface area contributed by atoms with Crippen LogP contribution in [0.4, 0.5) is 28.4 Å². The maximum atomic E-state index is 12.6. The number of azo groups is 2. The smallest absolute Gasteiger partial charge is 0.345 e. The molecule has 0 heterocycles. The molecule has 0 bridgehead atoms. The summed E-state index contributed by atoms with van der Waals surface area (Å²) in [5.74, 6) is 1.81. The van der Waals surface area contributed by atoms with Crippen LogP contribution in [-0.2, 0) is 14.4 Å². The van der Waals surface area contributed by atoms with Crippen molar-refractivity contribution >= 4 is 55.3 Å². The van der Waals surface area contributed by atoms with E-state index in [1.54, 1.807) is 6.07 Å². The van der Waals surface area contributed by atoms with Crippen LogP contribution in [0.1, 0.15) is 10.4 Å². The second kappa shape index (κ2) is 12.3. The number of rotatable bonds is 9. The number of anilines is 1. The summed E-state index contributed by atoms with van der Waals surface area (Å²) in [6, 6.07) is 14.4. The van der Waals surface area contributed by atoms with Gasteiger partial charge in [0.05, 0.1) is 25.5 Å². The van der Waals surface area contributed by atoms with Crippen LogP contribution in [-0.4, -0.2) is 38.8 Å². The van der Waals surface area contributed by atoms with Crippen molar-refractivity contribution in [1.29, 1.82) is 0 Å². The Bertz CT molecular complexity index is 1780. The molecule has 41 heavy (non-hydrogen) atoms. The number of hydrogen-bond acceptors (Lipinski definition) is 12. The lowest BCUT2D eigenvalue weighted by Gasteiger charge is -2.11. The van der Waals surface area contributed by atoms with Crippen molar-refractivity contribution < 1.29 is 43.1 Å². The molecule has 0 fully saturated rings. The number of quaternary nitrogens is 2. The third kappa shape index (κ3) is 6.36. The standard InChI is InChI=1S/C25H22N6O8S.H3N/c1-37-20-12-19(21(38-2)11-18(20)29-28-16-7-4-13(5-8-16)25(33)34)30-31-23-22(40(35,36)39-27)9-14-3-6-15(26)10-17(14)24(23)32;/h3-12H,1-2,27H3,(H3-,26,28,29,30,31,32,33,34);1H3/p+2. The molecule has 0 radical (unpaired) electrons. The minimum Gasteiger partial charge on any atom is -0.505 e. The van der Waals surface area contributed by atoms with E-state index < -0.39 is 32.4 Å². The molecule has 0 aromatic heterocycles. The number of benzene rings is 4. The Balaban J connectivity index is 0.00000462. The van der Waals surface area contributed by atoms with Crippen molar-refractivity contribution in [3.63, 3.8) is 0 Å². The van der Waals surface area contributed by atoms with E-state index in [-0.39, 0.29) is 40.0 Å². The van der Waals surface area contributed by atoms with E-state index in [0.717, 1.165) is 0 Å². The van der Waals surface area contributed by atoms with Gasteiger partial charge in [-0.1, -0.05) is 10.4 Å². The largest absolute Gasteiger partial charge is 0.505 e. The number of nitrogens with two attached hydrogens (primary N) is 1. The van der Waals surface area contributed by atoms with Crippen LogP contribution in [0.25, 0.3) is 10.8 Å². The predicted octanol–water partition coefficient (Wildman–Crippen LogP) is 4.91. The molecule has 0 spiro atoms. The fraction of sp³-hybridized carbons (Fsp3) is 0.0800. The van der Waals surface area contributed by atoms with Gasteiger partial charge < -0.3 is 31.6 Å². The number of aromatic hydroxyl groups is 1. The molecule has 214 valence electrons. The zero-order valence-electron chi connectivity index (χ0n) is 22.1. The Hall–Kier alpha value is -5.16. The van der Waals surface area contributed by atoms with E-state index in [0.29, 0.717) is 16.8 Å². The van der Waals surface area contributed by atoms with Gasteiger partial charge in [0.1, 0.15) is 33.5 Å². The minimum absolute atomic E-state index is 0. The number of ether oxygens (including phenoxy) is 2. The van der Waals surface area contributed by atoms with E-state index in [1.165, 1.54) is 68.8 Å². The molecule has 4 aromatic rings. The first-order chi connectivity index (χ1) is 19.1. The number of nitrogens with zero attached hydrogens (tertiary/aromatic N) is 4. The molecule has 16 heteroatoms. The second-order valence-electron chi connectivity index (χ2n) is 8.07. The van der Waals surface area contributed by atoms with E-state index in [4.69, 9.17) is 20.3 Å². The van der Waals surface area contributed by atoms with Gasteiger partial charge in [-0.25, -0.2) is 4.79 Å². The lowest BCUT2D eigenvalue weighted by Crippen LogP contribution is -2.51. The first-order valence-corrected chi connectivity index (χ1v) is 12.7. The Morgan fingerprint density at radius 1 is 0.878 bits per heavy atom. The van der Waals surface area contributed by atoms with E-state index in [2.05, 4.69) is 30.6 Å². The van der Waals surface area contributed by atoms with Crippen molar-refractivity contribution in [3.05, 3.63) is 66.2 Å². The molecule has 0 aliphatic heterocycles. The van der Waals surface area contributed by atoms with Crippen LogP contribution in [0.3, 0.4) is 0 Å². The summed E-state index contributed by atoms with van der Waals surface area (Å²) in [6.45, 7) is 0. The average Bonchev–Trinajstić information content (AvgIpc) is 2.95. The molecule has 0 aliphatic carbocycles. The zero-order valence-corrected chi connectivity index (χ0v) is 22.9. The fourth-order valence-corrected chi connectivity index (χ4v) is 4.39. The molecule has 0 atom stereocenters. The van der Waals surface area contributed by atoms with Crippen molar-refractivity contribution in [3.8, 4) is 17.2 Å². The molecule has 0 amide bonds. The van der Waals surface area contributed by atoms with Crippen molar-refractivity contribution in [2.45, 2.75) is 4.90 Å². The van der Waals surface area contributed by atoms with Crippen molar-refractivity contribution in [2.24, 2.45) is 20.5 Å². The summed E-state index contributed by atoms with van der Waals surface area (Å²) in [5.41, 5.74) is 6.61. The summed E-state index contributed by atoms with van der Waals surface area (Å²) in [7, 11) is -1.65. The van der Waals surface area contributed by atoms with E-state index in [1.807, 2.05) is 0 Å². The number of aromatic carboxylic acids is 1. The number of phenols is 1. The minimum atomic E-state index is -4.41. The van der Waals surface area contributed by atoms with E-state index in [9.17, 15) is 18.3 Å². The summed E-state index contributed by atoms with van der Waals surface area (Å²) in [4.78, 5) is 10.6. The molecule has 0 saturated heterocycles. The molecule has 4 aromatic carbocycles. The van der Waals surface area contributed by atoms with Gasteiger partial charge in [-0.05, 0) is 47.9 Å². The van der Waals surface area contributed by atoms with Gasteiger partial charge in [0, 0.05) is 23.2 Å². The summed E-state index contributed by atoms with van der Waals surface area (Å²) in [6.07, 6.45) is 0. The fourth-order valence-electron chi connectivity index (χ4n) is 3.62. The quantitative estimate of drug-likeness (QED) is 0.101. The van der Waals surface area contributed by atoms with Crippen LogP contribution in [0, 0.1) is 0 Å². The molecule has 0 aliphatic rings. The highest BCUT2D eigenvalue weighted by atomic mass is 32.2. The molecule has 4 rings (SSSR count). The molecule has 15 nitrogen and oxygen atoms in total. The average molecular weight is 586 g/mol. The molecular weight excluding hydrogens is 558 g/mol. The van der Waals surface area contributed by atoms with Crippen LogP contribution < -0.4 is 27.3 Å². The van der Waals surface area contributed by atoms with Gasteiger partial charge in [0.15, 0.2) is 5.75 Å². The number of nitrogen functional groups attached to an aromatic ring is 1. The van der Waals surface area contributed by atoms with E-state index >= 15 is 0 Å². The Morgan fingerprint density at radius 2 is 1.46 bits per heavy atom. The van der Waals surface area contributed by atoms with Gasteiger partial charge >= 0.3 is 16.1 Å². The molecular formula is C25H27N7O8S+2. The first kappa shape index (κ1) is 30.4. The first-order valence-electron chi connectivity index (χ1n) is 11.2. The topological polar surface area (TPSA) is 259 Å². The highest BCUT2D eigenvalue weighted by Crippen LogP contribution is 2.44. The Morgan fingerprint density at radius 3 is 2.00 bits per heavy atom. The number of hydrogen-bond donors (Lipinski definition) is 5. The molecule has 0 unspecified atom stereocenters. The molecule has 11 N–H and O–H groups in total. The van der Waals surface area contributed by atoms with Gasteiger partial charge in [0.25, 0.3) is 0 Å². The van der Waals surface area contributed by atoms with Crippen LogP contribution in [0.15, 0.2) is 86.0 Å². The number of carboxylic acids is 1. The van der Waals surface area contributed by atoms with Crippen LogP contribution in [0.2, 0.25) is 0 Å². The lowest BCUT2D eigenvalue weighted by atomic mass is 10.1. The van der Waals surface area contributed by atoms with Crippen LogP contribution >= 0.6 is 0 Å². The summed E-state index contributed by atoms with van der Waals surface area (Å²) >= 11 is 0. The second-order valence-corrected chi connectivity index (χ2v) is 9.66. The predicted molar refractivity (Wildman–Crippen MR) is 148 cm³/mol. The number of fused-ring (bicyclic) bond motifs is 1. The maximum absolute atomic E-state index is 12.6. The van der Waals surface area contributed by atoms with Gasteiger partial charge in [-0.15, -0.1) is 15.3 Å². The Labute approximate surface area is 233 Å². The van der Waals surface area contributed by atoms with Gasteiger partial charge in [-0.3, -0.25) is 0 Å². The SMILES string of the molecule is COc1cc(N=Nc2c(S(=O)(=O)O[NH3+])cc3ccc(N)cc3c2O)c(OC)cc1N=Nc1ccc(C(=O)O)cc1.[NH4+]. The third-order valence-corrected chi connectivity index (χ3v) is 6.79. The van der Waals surface area contributed by atoms with Crippen LogP contribution in [0.5, 0.6) is 17.2 Å². The lowest BCUT2D eigenvalue weighted by molar-refractivity contribution is -0.635. The third-order valence-electron chi connectivity index (χ3n) is 5.63. The number of methoxy groups -OCH3 is 2. The number of phenolic OH excluding ortho intramolecular Hbond substituents is 1. The normalized spacial score (nSPS) is 11.6. The van der Waals surface area contributed by atoms with Gasteiger partial charge in [0.2, 0.25) is 0 Å². The Kier molecular flexibility index (Phi) is 9.15. The highest BCUT2D eigenvalue weighted by molar-refractivity contribution is 7.86. The van der Waals surface area contributed by atoms with Crippen molar-refractivity contribution in [1.82, 2.24) is 6.15 Å². The highest BCUT2D eigenvalue weighted by Gasteiger charge is 2.26. The van der Waals surface area contributed by atoms with Gasteiger partial charge in [-0.2, -0.15) is 19.4 Å². The maximum Gasteiger partial charge on any atom is 0.345 e. The summed E-state index contributed by atoms with van der Waals surface area (Å²) < 4.78 is 40.4. The number of carboxylic acid groups (broad SMARTS) is 1. The monoisotopic (exact) mass is 585 g/mol. The zero-order chi connectivity index (χ0) is 29.0. The number of carbonyl (C=O) groups is 1. The summed E-state index contributed by atoms with van der Waals surface area (Å²) in [5, 5.41) is 36.9.